The van der Waals surface area contributed by atoms with Gasteiger partial charge in [-0.15, -0.1) is 0 Å². The van der Waals surface area contributed by atoms with Crippen LogP contribution in [0.4, 0.5) is 0 Å². The molecule has 0 radical (unpaired) electrons. The molecule has 0 aliphatic heterocycles. The van der Waals surface area contributed by atoms with E-state index in [1.54, 1.807) is 0 Å². The first kappa shape index (κ1) is 11.3. The van der Waals surface area contributed by atoms with Gasteiger partial charge in [0.15, 0.2) is 0 Å². The maximum absolute atomic E-state index is 2.33. The van der Waals surface area contributed by atoms with Crippen molar-refractivity contribution in [2.75, 3.05) is 0 Å². The van der Waals surface area contributed by atoms with Gasteiger partial charge in [0.05, 0.1) is 0 Å². The molecule has 3 aromatic carbocycles. The molecule has 0 atom stereocenters. The molecule has 0 saturated heterocycles. The highest BCUT2D eigenvalue weighted by Crippen LogP contribution is 2.31. The predicted octanol–water partition coefficient (Wildman–Crippen LogP) is 5.23. The minimum absolute atomic E-state index is 1.34. The Hall–Kier alpha value is -1.82. The molecule has 3 aromatic rings. The van der Waals surface area contributed by atoms with Gasteiger partial charge in [0.2, 0.25) is 0 Å². The Balaban J connectivity index is 2.59. The topological polar surface area (TPSA) is 0 Å². The Kier molecular flexibility index (Phi) is 2.41. The quantitative estimate of drug-likeness (QED) is 0.467. The number of fused-ring (bicyclic) bond motifs is 3. The Labute approximate surface area is 108 Å². The molecule has 0 spiro atoms. The minimum Gasteiger partial charge on any atom is -0.0584 e. The molecule has 0 nitrogen and oxygen atoms in total. The van der Waals surface area contributed by atoms with Crippen molar-refractivity contribution in [3.8, 4) is 0 Å². The van der Waals surface area contributed by atoms with Crippen molar-refractivity contribution in [3.05, 3.63) is 58.7 Å². The highest BCUT2D eigenvalue weighted by atomic mass is 14.1. The lowest BCUT2D eigenvalue weighted by atomic mass is 9.93. The first-order chi connectivity index (χ1) is 8.58. The van der Waals surface area contributed by atoms with Gasteiger partial charge in [0.1, 0.15) is 0 Å². The number of benzene rings is 3. The highest BCUT2D eigenvalue weighted by Gasteiger charge is 2.06. The molecule has 0 aliphatic rings. The van der Waals surface area contributed by atoms with Crippen molar-refractivity contribution in [1.82, 2.24) is 0 Å². The van der Waals surface area contributed by atoms with E-state index in [0.717, 1.165) is 0 Å². The smallest absolute Gasteiger partial charge is 0.00734 e. The summed E-state index contributed by atoms with van der Waals surface area (Å²) in [5.41, 5.74) is 5.51. The monoisotopic (exact) mass is 234 g/mol. The lowest BCUT2D eigenvalue weighted by Gasteiger charge is -2.11. The normalized spacial score (nSPS) is 11.3. The summed E-state index contributed by atoms with van der Waals surface area (Å²) in [7, 11) is 0. The van der Waals surface area contributed by atoms with Crippen LogP contribution in [-0.2, 0) is 0 Å². The van der Waals surface area contributed by atoms with Crippen molar-refractivity contribution in [2.24, 2.45) is 0 Å². The molecule has 0 unspecified atom stereocenters. The lowest BCUT2D eigenvalue weighted by molar-refractivity contribution is 1.36. The van der Waals surface area contributed by atoms with Crippen molar-refractivity contribution in [3.63, 3.8) is 0 Å². The van der Waals surface area contributed by atoms with E-state index in [9.17, 15) is 0 Å². The third-order valence-electron chi connectivity index (χ3n) is 4.15. The van der Waals surface area contributed by atoms with Crippen molar-refractivity contribution < 1.29 is 0 Å². The fourth-order valence-electron chi connectivity index (χ4n) is 2.71. The van der Waals surface area contributed by atoms with E-state index in [0.29, 0.717) is 0 Å². The predicted molar refractivity (Wildman–Crippen MR) is 80.4 cm³/mol. The molecule has 3 rings (SSSR count). The summed E-state index contributed by atoms with van der Waals surface area (Å²) in [5, 5.41) is 5.49. The number of aryl methyl sites for hydroxylation is 4. The van der Waals surface area contributed by atoms with Gasteiger partial charge in [-0.2, -0.15) is 0 Å². The second-order valence-electron chi connectivity index (χ2n) is 5.33. The third-order valence-corrected chi connectivity index (χ3v) is 4.15. The standard InChI is InChI=1S/C18H18/c1-11-5-6-15-7-8-16-9-12(2)13(3)10-17(16)18(15)14(11)4/h5-10H,1-4H3. The number of hydrogen-bond donors (Lipinski definition) is 0. The van der Waals surface area contributed by atoms with Crippen LogP contribution in [-0.4, -0.2) is 0 Å². The molecule has 0 N–H and O–H groups in total. The molecule has 0 aromatic heterocycles. The molecule has 0 heterocycles. The Morgan fingerprint density at radius 3 is 2.00 bits per heavy atom. The first-order valence-electron chi connectivity index (χ1n) is 6.48. The largest absolute Gasteiger partial charge is 0.0584 e. The van der Waals surface area contributed by atoms with E-state index in [2.05, 4.69) is 64.1 Å². The Bertz CT molecular complexity index is 764. The molecule has 0 heteroatoms. The fraction of sp³-hybridized carbons (Fsp3) is 0.222. The summed E-state index contributed by atoms with van der Waals surface area (Å²) >= 11 is 0. The second kappa shape index (κ2) is 3.84. The van der Waals surface area contributed by atoms with Crippen LogP contribution in [0.15, 0.2) is 36.4 Å². The van der Waals surface area contributed by atoms with Crippen LogP contribution in [0.1, 0.15) is 22.3 Å². The third kappa shape index (κ3) is 1.53. The van der Waals surface area contributed by atoms with Gasteiger partial charge >= 0.3 is 0 Å². The van der Waals surface area contributed by atoms with E-state index in [1.807, 2.05) is 0 Å². The van der Waals surface area contributed by atoms with Crippen molar-refractivity contribution >= 4 is 21.5 Å². The number of hydrogen-bond acceptors (Lipinski definition) is 0. The van der Waals surface area contributed by atoms with Crippen LogP contribution in [0.5, 0.6) is 0 Å². The van der Waals surface area contributed by atoms with Crippen LogP contribution in [0.25, 0.3) is 21.5 Å². The summed E-state index contributed by atoms with van der Waals surface area (Å²) in [6.45, 7) is 8.79. The van der Waals surface area contributed by atoms with Crippen LogP contribution in [0.3, 0.4) is 0 Å². The van der Waals surface area contributed by atoms with Gasteiger partial charge in [-0.05, 0) is 71.5 Å². The first-order valence-corrected chi connectivity index (χ1v) is 6.48. The average molecular weight is 234 g/mol. The van der Waals surface area contributed by atoms with Crippen molar-refractivity contribution in [1.29, 1.82) is 0 Å². The van der Waals surface area contributed by atoms with Gasteiger partial charge < -0.3 is 0 Å². The van der Waals surface area contributed by atoms with Gasteiger partial charge in [0.25, 0.3) is 0 Å². The SMILES string of the molecule is Cc1cc2ccc3ccc(C)c(C)c3c2cc1C. The maximum Gasteiger partial charge on any atom is -0.00734 e. The van der Waals surface area contributed by atoms with Gasteiger partial charge in [-0.3, -0.25) is 0 Å². The summed E-state index contributed by atoms with van der Waals surface area (Å²) in [5.74, 6) is 0. The zero-order valence-electron chi connectivity index (χ0n) is 11.5. The van der Waals surface area contributed by atoms with E-state index in [4.69, 9.17) is 0 Å². The van der Waals surface area contributed by atoms with E-state index in [-0.39, 0.29) is 0 Å². The summed E-state index contributed by atoms with van der Waals surface area (Å²) in [6, 6.07) is 13.5. The molecule has 0 fully saturated rings. The highest BCUT2D eigenvalue weighted by molar-refractivity contribution is 6.09. The zero-order valence-corrected chi connectivity index (χ0v) is 11.5. The molecule has 90 valence electrons. The molecule has 0 bridgehead atoms. The molecule has 18 heavy (non-hydrogen) atoms. The molecular formula is C18H18. The second-order valence-corrected chi connectivity index (χ2v) is 5.33. The van der Waals surface area contributed by atoms with Crippen LogP contribution >= 0.6 is 0 Å². The van der Waals surface area contributed by atoms with Crippen LogP contribution in [0, 0.1) is 27.7 Å². The van der Waals surface area contributed by atoms with E-state index < -0.39 is 0 Å². The summed E-state index contributed by atoms with van der Waals surface area (Å²) in [4.78, 5) is 0. The van der Waals surface area contributed by atoms with E-state index >= 15 is 0 Å². The lowest BCUT2D eigenvalue weighted by Crippen LogP contribution is -1.88. The Morgan fingerprint density at radius 2 is 1.22 bits per heavy atom. The molecule has 0 saturated carbocycles. The minimum atomic E-state index is 1.34. The van der Waals surface area contributed by atoms with E-state index in [1.165, 1.54) is 43.8 Å². The fourth-order valence-corrected chi connectivity index (χ4v) is 2.71. The molecular weight excluding hydrogens is 216 g/mol. The van der Waals surface area contributed by atoms with Gasteiger partial charge in [0, 0.05) is 0 Å². The van der Waals surface area contributed by atoms with Crippen LogP contribution in [0.2, 0.25) is 0 Å². The zero-order chi connectivity index (χ0) is 12.9. The van der Waals surface area contributed by atoms with Gasteiger partial charge in [-0.25, -0.2) is 0 Å². The number of rotatable bonds is 0. The van der Waals surface area contributed by atoms with Gasteiger partial charge in [-0.1, -0.05) is 36.4 Å². The van der Waals surface area contributed by atoms with Crippen LogP contribution < -0.4 is 0 Å². The van der Waals surface area contributed by atoms with Crippen molar-refractivity contribution in [2.45, 2.75) is 27.7 Å². The molecule has 0 aliphatic carbocycles. The summed E-state index contributed by atoms with van der Waals surface area (Å²) in [6.07, 6.45) is 0. The molecule has 0 amide bonds. The average Bonchev–Trinajstić information content (AvgIpc) is 2.35. The summed E-state index contributed by atoms with van der Waals surface area (Å²) < 4.78 is 0. The maximum atomic E-state index is 2.33. The Morgan fingerprint density at radius 1 is 0.611 bits per heavy atom.